The van der Waals surface area contributed by atoms with Crippen LogP contribution in [0.4, 0.5) is 5.69 Å². The van der Waals surface area contributed by atoms with Crippen LogP contribution in [0.5, 0.6) is 23.0 Å². The van der Waals surface area contributed by atoms with Crippen LogP contribution in [0.2, 0.25) is 0 Å². The largest absolute Gasteiger partial charge is 0.508 e. The number of thiol groups is 1. The molecule has 182 valence electrons. The fourth-order valence-corrected chi connectivity index (χ4v) is 3.62. The number of hydrogen-bond acceptors (Lipinski definition) is 8. The highest BCUT2D eigenvalue weighted by Crippen LogP contribution is 2.33. The smallest absolute Gasteiger partial charge is 0.161 e. The van der Waals surface area contributed by atoms with E-state index < -0.39 is 6.04 Å². The first-order chi connectivity index (χ1) is 16.8. The molecule has 7 nitrogen and oxygen atoms in total. The van der Waals surface area contributed by atoms with E-state index in [1.165, 1.54) is 32.4 Å². The van der Waals surface area contributed by atoms with Crippen molar-refractivity contribution in [3.8, 4) is 23.0 Å². The van der Waals surface area contributed by atoms with Gasteiger partial charge in [0.15, 0.2) is 28.8 Å². The third kappa shape index (κ3) is 6.97. The van der Waals surface area contributed by atoms with E-state index in [1.54, 1.807) is 30.3 Å². The number of aromatic hydroxyl groups is 2. The molecule has 3 aromatic carbocycles. The quantitative estimate of drug-likeness (QED) is 0.107. The van der Waals surface area contributed by atoms with Crippen molar-refractivity contribution in [3.63, 3.8) is 0 Å². The summed E-state index contributed by atoms with van der Waals surface area (Å²) in [5.41, 5.74) is 2.12. The van der Waals surface area contributed by atoms with Gasteiger partial charge in [-0.2, -0.15) is 0 Å². The van der Waals surface area contributed by atoms with Gasteiger partial charge >= 0.3 is 0 Å². The number of hydrogen-bond donors (Lipinski definition) is 5. The number of ketones is 1. The van der Waals surface area contributed by atoms with Gasteiger partial charge in [0, 0.05) is 23.1 Å². The molecule has 1 atom stereocenters. The molecule has 0 amide bonds. The number of phenols is 2. The Balaban J connectivity index is 1.81. The molecule has 0 saturated carbocycles. The summed E-state index contributed by atoms with van der Waals surface area (Å²) in [6.07, 6.45) is 4.14. The van der Waals surface area contributed by atoms with Gasteiger partial charge in [0.2, 0.25) is 0 Å². The standard InChI is InChI=1S/C27H27NO6S/c1-33-25-13-17(8-11-23(25)31)7-10-19(29)15-20(30)16-22(28-21-5-3-4-6-27(21)35)18-9-12-24(32)26(14-18)34-2/h3-15,22,28-29,31-32,35H,16H2,1-2H3/b10-7+,19-15-. The Morgan fingerprint density at radius 3 is 2.34 bits per heavy atom. The maximum atomic E-state index is 12.8. The van der Waals surface area contributed by atoms with Crippen molar-refractivity contribution in [2.45, 2.75) is 17.4 Å². The van der Waals surface area contributed by atoms with Crippen LogP contribution in [0.25, 0.3) is 6.08 Å². The van der Waals surface area contributed by atoms with Gasteiger partial charge in [-0.1, -0.05) is 30.3 Å². The number of ether oxygens (including phenoxy) is 2. The Hall–Kier alpha value is -4.04. The highest BCUT2D eigenvalue weighted by molar-refractivity contribution is 7.80. The van der Waals surface area contributed by atoms with Crippen LogP contribution < -0.4 is 14.8 Å². The first-order valence-corrected chi connectivity index (χ1v) is 11.2. The maximum Gasteiger partial charge on any atom is 0.161 e. The topological polar surface area (TPSA) is 108 Å². The summed E-state index contributed by atoms with van der Waals surface area (Å²) in [4.78, 5) is 13.5. The van der Waals surface area contributed by atoms with Crippen molar-refractivity contribution < 1.29 is 29.6 Å². The number of aliphatic hydroxyl groups excluding tert-OH is 1. The van der Waals surface area contributed by atoms with Crippen molar-refractivity contribution in [1.82, 2.24) is 0 Å². The number of phenolic OH excluding ortho intramolecular Hbond substituents is 2. The number of carbonyl (C=O) groups is 1. The Bertz CT molecular complexity index is 1250. The highest BCUT2D eigenvalue weighted by atomic mass is 32.1. The van der Waals surface area contributed by atoms with Crippen LogP contribution >= 0.6 is 12.6 Å². The Kier molecular flexibility index (Phi) is 8.69. The van der Waals surface area contributed by atoms with Gasteiger partial charge in [-0.25, -0.2) is 0 Å². The number of methoxy groups -OCH3 is 2. The van der Waals surface area contributed by atoms with Crippen molar-refractivity contribution >= 4 is 30.2 Å². The molecule has 1 unspecified atom stereocenters. The van der Waals surface area contributed by atoms with Gasteiger partial charge in [0.05, 0.1) is 20.3 Å². The average Bonchev–Trinajstić information content (AvgIpc) is 2.84. The van der Waals surface area contributed by atoms with E-state index in [1.807, 2.05) is 24.3 Å². The number of allylic oxidation sites excluding steroid dienone is 2. The SMILES string of the molecule is COc1cc(/C=C/C(O)=C/C(=O)CC(Nc2ccccc2S)c2ccc(O)c(OC)c2)ccc1O. The maximum absolute atomic E-state index is 12.8. The molecule has 8 heteroatoms. The molecule has 0 radical (unpaired) electrons. The van der Waals surface area contributed by atoms with Crippen LogP contribution in [0, 0.1) is 0 Å². The lowest BCUT2D eigenvalue weighted by molar-refractivity contribution is -0.115. The Morgan fingerprint density at radius 2 is 1.66 bits per heavy atom. The van der Waals surface area contributed by atoms with E-state index in [0.29, 0.717) is 21.8 Å². The second kappa shape index (κ2) is 11.9. The average molecular weight is 494 g/mol. The molecule has 4 N–H and O–H groups in total. The minimum Gasteiger partial charge on any atom is -0.508 e. The lowest BCUT2D eigenvalue weighted by Gasteiger charge is -2.21. The van der Waals surface area contributed by atoms with Gasteiger partial charge < -0.3 is 30.1 Å². The summed E-state index contributed by atoms with van der Waals surface area (Å²) >= 11 is 4.47. The summed E-state index contributed by atoms with van der Waals surface area (Å²) < 4.78 is 10.3. The van der Waals surface area contributed by atoms with Crippen LogP contribution in [0.1, 0.15) is 23.6 Å². The van der Waals surface area contributed by atoms with Crippen molar-refractivity contribution in [2.24, 2.45) is 0 Å². The monoisotopic (exact) mass is 493 g/mol. The number of aliphatic hydroxyl groups is 1. The highest BCUT2D eigenvalue weighted by Gasteiger charge is 2.18. The summed E-state index contributed by atoms with van der Waals surface area (Å²) in [5, 5.41) is 33.2. The predicted octanol–water partition coefficient (Wildman–Crippen LogP) is 5.67. The number of rotatable bonds is 10. The molecule has 0 heterocycles. The first kappa shape index (κ1) is 25.6. The molecular formula is C27H27NO6S. The van der Waals surface area contributed by atoms with Crippen molar-refractivity contribution in [1.29, 1.82) is 0 Å². The summed E-state index contributed by atoms with van der Waals surface area (Å²) in [6.45, 7) is 0. The van der Waals surface area contributed by atoms with Gasteiger partial charge in [-0.05, 0) is 53.6 Å². The third-order valence-corrected chi connectivity index (χ3v) is 5.59. The molecule has 0 spiro atoms. The van der Waals surface area contributed by atoms with Gasteiger partial charge in [0.25, 0.3) is 0 Å². The molecule has 3 rings (SSSR count). The number of carbonyl (C=O) groups excluding carboxylic acids is 1. The van der Waals surface area contributed by atoms with Gasteiger partial charge in [-0.15, -0.1) is 12.6 Å². The van der Waals surface area contributed by atoms with Gasteiger partial charge in [-0.3, -0.25) is 4.79 Å². The minimum absolute atomic E-state index is 0.00628. The molecule has 0 fully saturated rings. The molecule has 0 saturated heterocycles. The van der Waals surface area contributed by atoms with E-state index in [9.17, 15) is 20.1 Å². The molecule has 0 aliphatic carbocycles. The summed E-state index contributed by atoms with van der Waals surface area (Å²) in [7, 11) is 2.89. The van der Waals surface area contributed by atoms with Crippen molar-refractivity contribution in [2.75, 3.05) is 19.5 Å². The summed E-state index contributed by atoms with van der Waals surface area (Å²) in [5.74, 6) is 0.0347. The van der Waals surface area contributed by atoms with E-state index >= 15 is 0 Å². The third-order valence-electron chi connectivity index (χ3n) is 5.20. The molecule has 35 heavy (non-hydrogen) atoms. The van der Waals surface area contributed by atoms with E-state index in [4.69, 9.17) is 9.47 Å². The van der Waals surface area contributed by atoms with Gasteiger partial charge in [0.1, 0.15) is 5.76 Å². The molecule has 0 aromatic heterocycles. The van der Waals surface area contributed by atoms with Crippen LogP contribution in [-0.4, -0.2) is 35.3 Å². The minimum atomic E-state index is -0.486. The Labute approximate surface area is 209 Å². The van der Waals surface area contributed by atoms with E-state index in [0.717, 1.165) is 11.8 Å². The second-order valence-electron chi connectivity index (χ2n) is 7.65. The Morgan fingerprint density at radius 1 is 1.00 bits per heavy atom. The molecule has 0 aliphatic heterocycles. The zero-order valence-electron chi connectivity index (χ0n) is 19.3. The van der Waals surface area contributed by atoms with Crippen molar-refractivity contribution in [3.05, 3.63) is 89.7 Å². The number of benzene rings is 3. The van der Waals surface area contributed by atoms with Crippen LogP contribution in [-0.2, 0) is 4.79 Å². The number of anilines is 1. The normalized spacial score (nSPS) is 12.4. The van der Waals surface area contributed by atoms with E-state index in [2.05, 4.69) is 17.9 Å². The zero-order chi connectivity index (χ0) is 25.4. The lowest BCUT2D eigenvalue weighted by atomic mass is 9.99. The first-order valence-electron chi connectivity index (χ1n) is 10.7. The predicted molar refractivity (Wildman–Crippen MR) is 139 cm³/mol. The molecule has 0 bridgehead atoms. The van der Waals surface area contributed by atoms with Crippen LogP contribution in [0.15, 0.2) is 83.5 Å². The fraction of sp³-hybridized carbons (Fsp3) is 0.148. The fourth-order valence-electron chi connectivity index (χ4n) is 3.40. The van der Waals surface area contributed by atoms with E-state index in [-0.39, 0.29) is 35.2 Å². The molecule has 3 aromatic rings. The number of para-hydroxylation sites is 1. The lowest BCUT2D eigenvalue weighted by Crippen LogP contribution is -2.15. The molecular weight excluding hydrogens is 466 g/mol. The van der Waals surface area contributed by atoms with Crippen LogP contribution in [0.3, 0.4) is 0 Å². The number of nitrogens with one attached hydrogen (secondary N) is 1. The summed E-state index contributed by atoms with van der Waals surface area (Å²) in [6, 6.07) is 16.5. The zero-order valence-corrected chi connectivity index (χ0v) is 20.2. The second-order valence-corrected chi connectivity index (χ2v) is 8.13. The molecule has 0 aliphatic rings.